The predicted octanol–water partition coefficient (Wildman–Crippen LogP) is 0.997. The Kier molecular flexibility index (Phi) is 4.01. The topological polar surface area (TPSA) is 70.1 Å². The minimum absolute atomic E-state index is 0.204. The van der Waals surface area contributed by atoms with Crippen LogP contribution in [0.25, 0.3) is 0 Å². The summed E-state index contributed by atoms with van der Waals surface area (Å²) in [6.07, 6.45) is 4.11. The Morgan fingerprint density at radius 1 is 1.61 bits per heavy atom. The number of nitrogens with two attached hydrogens (primary N) is 1. The van der Waals surface area contributed by atoms with Gasteiger partial charge >= 0.3 is 5.97 Å². The van der Waals surface area contributed by atoms with Crippen LogP contribution >= 0.6 is 0 Å². The first-order valence-electron chi connectivity index (χ1n) is 6.56. The average molecular weight is 251 g/mol. The van der Waals surface area contributed by atoms with Gasteiger partial charge in [-0.15, -0.1) is 0 Å². The van der Waals surface area contributed by atoms with Crippen LogP contribution in [0.2, 0.25) is 0 Å². The molecule has 0 spiro atoms. The second kappa shape index (κ2) is 5.52. The quantitative estimate of drug-likeness (QED) is 0.810. The first kappa shape index (κ1) is 13.1. The molecule has 1 unspecified atom stereocenters. The molecule has 0 radical (unpaired) electrons. The van der Waals surface area contributed by atoms with Gasteiger partial charge in [0.05, 0.1) is 12.8 Å². The Morgan fingerprint density at radius 3 is 3.00 bits per heavy atom. The van der Waals surface area contributed by atoms with E-state index in [1.165, 1.54) is 18.4 Å². The third-order valence-corrected chi connectivity index (χ3v) is 3.68. The summed E-state index contributed by atoms with van der Waals surface area (Å²) in [4.78, 5) is 11.4. The molecule has 2 rings (SSSR count). The zero-order valence-electron chi connectivity index (χ0n) is 11.1. The highest BCUT2D eigenvalue weighted by Crippen LogP contribution is 2.33. The monoisotopic (exact) mass is 251 g/mol. The maximum atomic E-state index is 11.4. The van der Waals surface area contributed by atoms with Crippen LogP contribution < -0.4 is 5.73 Å². The van der Waals surface area contributed by atoms with Crippen LogP contribution in [0.15, 0.2) is 0 Å². The van der Waals surface area contributed by atoms with Crippen molar-refractivity contribution in [1.29, 1.82) is 0 Å². The summed E-state index contributed by atoms with van der Waals surface area (Å²) >= 11 is 0. The number of ether oxygens (including phenoxy) is 1. The second-order valence-corrected chi connectivity index (χ2v) is 4.72. The van der Waals surface area contributed by atoms with Gasteiger partial charge in [-0.2, -0.15) is 5.10 Å². The number of methoxy groups -OCH3 is 1. The van der Waals surface area contributed by atoms with Crippen LogP contribution in [-0.4, -0.2) is 29.4 Å². The van der Waals surface area contributed by atoms with Crippen molar-refractivity contribution in [2.24, 2.45) is 5.73 Å². The van der Waals surface area contributed by atoms with Gasteiger partial charge < -0.3 is 10.5 Å². The molecule has 0 amide bonds. The molecule has 0 aromatic carbocycles. The van der Waals surface area contributed by atoms with Crippen molar-refractivity contribution in [3.05, 3.63) is 17.0 Å². The normalized spacial score (nSPS) is 18.5. The maximum absolute atomic E-state index is 11.4. The lowest BCUT2D eigenvalue weighted by atomic mass is 9.85. The molecule has 2 N–H and O–H groups in total. The Bertz CT molecular complexity index is 440. The molecule has 0 saturated carbocycles. The van der Waals surface area contributed by atoms with Crippen molar-refractivity contribution in [3.8, 4) is 0 Å². The zero-order chi connectivity index (χ0) is 13.1. The van der Waals surface area contributed by atoms with Gasteiger partial charge in [0.25, 0.3) is 0 Å². The van der Waals surface area contributed by atoms with E-state index in [1.807, 2.05) is 4.68 Å². The molecule has 1 aromatic rings. The van der Waals surface area contributed by atoms with Gasteiger partial charge in [0.2, 0.25) is 0 Å². The Morgan fingerprint density at radius 2 is 2.39 bits per heavy atom. The van der Waals surface area contributed by atoms with Gasteiger partial charge in [-0.05, 0) is 38.1 Å². The highest BCUT2D eigenvalue weighted by atomic mass is 16.5. The van der Waals surface area contributed by atoms with E-state index < -0.39 is 0 Å². The van der Waals surface area contributed by atoms with Crippen LogP contribution in [0.1, 0.15) is 42.6 Å². The Labute approximate surface area is 107 Å². The van der Waals surface area contributed by atoms with Gasteiger partial charge in [0.1, 0.15) is 6.54 Å². The van der Waals surface area contributed by atoms with E-state index in [0.717, 1.165) is 31.4 Å². The molecule has 1 aliphatic carbocycles. The number of esters is 1. The van der Waals surface area contributed by atoms with Gasteiger partial charge in [-0.25, -0.2) is 0 Å². The number of hydrogen-bond donors (Lipinski definition) is 1. The second-order valence-electron chi connectivity index (χ2n) is 4.72. The number of fused-ring (bicyclic) bond motifs is 1. The Hall–Kier alpha value is -1.36. The van der Waals surface area contributed by atoms with E-state index in [4.69, 9.17) is 10.5 Å². The lowest BCUT2D eigenvalue weighted by Crippen LogP contribution is -2.21. The highest BCUT2D eigenvalue weighted by Gasteiger charge is 2.27. The smallest absolute Gasteiger partial charge is 0.327 e. The van der Waals surface area contributed by atoms with Crippen LogP contribution in [-0.2, 0) is 28.9 Å². The summed E-state index contributed by atoms with van der Waals surface area (Å²) in [6, 6.07) is 0. The lowest BCUT2D eigenvalue weighted by molar-refractivity contribution is -0.141. The van der Waals surface area contributed by atoms with E-state index in [0.29, 0.717) is 12.5 Å². The van der Waals surface area contributed by atoms with E-state index in [2.05, 4.69) is 12.0 Å². The van der Waals surface area contributed by atoms with Crippen molar-refractivity contribution >= 4 is 5.97 Å². The number of carbonyl (C=O) groups is 1. The van der Waals surface area contributed by atoms with E-state index in [9.17, 15) is 4.79 Å². The SMILES string of the molecule is CCc1nn(CC(=O)OC)c2c1C(CN)CCC2. The van der Waals surface area contributed by atoms with E-state index in [-0.39, 0.29) is 12.5 Å². The van der Waals surface area contributed by atoms with Crippen molar-refractivity contribution in [2.75, 3.05) is 13.7 Å². The van der Waals surface area contributed by atoms with Gasteiger partial charge in [0.15, 0.2) is 0 Å². The summed E-state index contributed by atoms with van der Waals surface area (Å²) in [5, 5.41) is 4.56. The summed E-state index contributed by atoms with van der Waals surface area (Å²) in [5.74, 6) is 0.146. The van der Waals surface area contributed by atoms with Crippen molar-refractivity contribution in [3.63, 3.8) is 0 Å². The number of nitrogens with zero attached hydrogens (tertiary/aromatic N) is 2. The van der Waals surface area contributed by atoms with Gasteiger partial charge in [-0.3, -0.25) is 9.48 Å². The summed E-state index contributed by atoms with van der Waals surface area (Å²) in [6.45, 7) is 2.95. The van der Waals surface area contributed by atoms with Crippen LogP contribution in [0, 0.1) is 0 Å². The molecule has 0 bridgehead atoms. The number of carbonyl (C=O) groups excluding carboxylic acids is 1. The fraction of sp³-hybridized carbons (Fsp3) is 0.692. The van der Waals surface area contributed by atoms with Gasteiger partial charge in [0, 0.05) is 11.3 Å². The molecule has 5 heteroatoms. The largest absolute Gasteiger partial charge is 0.468 e. The minimum Gasteiger partial charge on any atom is -0.468 e. The molecule has 1 heterocycles. The standard InChI is InChI=1S/C13H21N3O2/c1-3-10-13-9(7-14)5-4-6-11(13)16(15-10)8-12(17)18-2/h9H,3-8,14H2,1-2H3. The van der Waals surface area contributed by atoms with Gasteiger partial charge in [-0.1, -0.05) is 6.92 Å². The van der Waals surface area contributed by atoms with Crippen LogP contribution in [0.4, 0.5) is 0 Å². The van der Waals surface area contributed by atoms with E-state index in [1.54, 1.807) is 0 Å². The molecule has 100 valence electrons. The molecule has 18 heavy (non-hydrogen) atoms. The molecule has 0 saturated heterocycles. The number of hydrogen-bond acceptors (Lipinski definition) is 4. The molecule has 5 nitrogen and oxygen atoms in total. The lowest BCUT2D eigenvalue weighted by Gasteiger charge is -2.22. The highest BCUT2D eigenvalue weighted by molar-refractivity contribution is 5.69. The number of aromatic nitrogens is 2. The number of aryl methyl sites for hydroxylation is 1. The van der Waals surface area contributed by atoms with Crippen molar-refractivity contribution in [2.45, 2.75) is 45.1 Å². The molecule has 0 fully saturated rings. The third-order valence-electron chi connectivity index (χ3n) is 3.68. The molecule has 1 aliphatic rings. The molecular formula is C13H21N3O2. The average Bonchev–Trinajstić information content (AvgIpc) is 2.76. The third kappa shape index (κ3) is 2.27. The fourth-order valence-electron chi connectivity index (χ4n) is 2.78. The molecule has 1 aromatic heterocycles. The molecule has 0 aliphatic heterocycles. The summed E-state index contributed by atoms with van der Waals surface area (Å²) in [5.41, 5.74) is 9.40. The van der Waals surface area contributed by atoms with Crippen molar-refractivity contribution in [1.82, 2.24) is 9.78 Å². The number of rotatable bonds is 4. The summed E-state index contributed by atoms with van der Waals surface area (Å²) in [7, 11) is 1.40. The predicted molar refractivity (Wildman–Crippen MR) is 68.4 cm³/mol. The Balaban J connectivity index is 2.38. The zero-order valence-corrected chi connectivity index (χ0v) is 11.1. The summed E-state index contributed by atoms with van der Waals surface area (Å²) < 4.78 is 6.52. The molecule has 1 atom stereocenters. The maximum Gasteiger partial charge on any atom is 0.327 e. The van der Waals surface area contributed by atoms with Crippen molar-refractivity contribution < 1.29 is 9.53 Å². The fourth-order valence-corrected chi connectivity index (χ4v) is 2.78. The molecular weight excluding hydrogens is 230 g/mol. The van der Waals surface area contributed by atoms with Crippen LogP contribution in [0.3, 0.4) is 0 Å². The minimum atomic E-state index is -0.252. The van der Waals surface area contributed by atoms with Crippen LogP contribution in [0.5, 0.6) is 0 Å². The first-order valence-corrected chi connectivity index (χ1v) is 6.56. The first-order chi connectivity index (χ1) is 8.71. The van der Waals surface area contributed by atoms with E-state index >= 15 is 0 Å².